The fraction of sp³-hybridized carbons (Fsp3) is 0.600. The summed E-state index contributed by atoms with van der Waals surface area (Å²) in [6, 6.07) is 9.25. The molecule has 1 aromatic carbocycles. The van der Waals surface area contributed by atoms with E-state index in [1.807, 2.05) is 0 Å². The average molecular weight is 233 g/mol. The minimum atomic E-state index is 0.275. The molecular weight excluding hydrogens is 210 g/mol. The first-order valence-electron chi connectivity index (χ1n) is 6.76. The molecule has 2 atom stereocenters. The molecule has 2 unspecified atom stereocenters. The van der Waals surface area contributed by atoms with Gasteiger partial charge in [0.05, 0.1) is 0 Å². The van der Waals surface area contributed by atoms with Gasteiger partial charge in [0.1, 0.15) is 0 Å². The van der Waals surface area contributed by atoms with Crippen molar-refractivity contribution in [3.63, 3.8) is 0 Å². The molecule has 1 fully saturated rings. The summed E-state index contributed by atoms with van der Waals surface area (Å²) in [5, 5.41) is 12.5. The van der Waals surface area contributed by atoms with Gasteiger partial charge >= 0.3 is 0 Å². The molecular formula is C15H23NO. The van der Waals surface area contributed by atoms with E-state index in [0.29, 0.717) is 6.04 Å². The predicted molar refractivity (Wildman–Crippen MR) is 72.3 cm³/mol. The van der Waals surface area contributed by atoms with Gasteiger partial charge < -0.3 is 10.4 Å². The zero-order valence-electron chi connectivity index (χ0n) is 10.7. The molecule has 0 aliphatic heterocycles. The number of rotatable bonds is 5. The van der Waals surface area contributed by atoms with Crippen molar-refractivity contribution in [1.82, 2.24) is 0 Å². The van der Waals surface area contributed by atoms with Gasteiger partial charge in [-0.05, 0) is 49.3 Å². The second-order valence-corrected chi connectivity index (χ2v) is 5.19. The Bertz CT molecular complexity index is 351. The third-order valence-corrected chi connectivity index (χ3v) is 3.76. The van der Waals surface area contributed by atoms with Crippen LogP contribution >= 0.6 is 0 Å². The Balaban J connectivity index is 1.95. The second kappa shape index (κ2) is 6.06. The zero-order chi connectivity index (χ0) is 12.1. The van der Waals surface area contributed by atoms with E-state index in [0.717, 1.165) is 18.8 Å². The minimum Gasteiger partial charge on any atom is -0.396 e. The molecule has 1 aromatic rings. The van der Waals surface area contributed by atoms with E-state index in [1.54, 1.807) is 0 Å². The molecule has 0 spiro atoms. The van der Waals surface area contributed by atoms with Gasteiger partial charge in [-0.15, -0.1) is 0 Å². The van der Waals surface area contributed by atoms with Crippen molar-refractivity contribution >= 4 is 5.69 Å². The Morgan fingerprint density at radius 3 is 2.94 bits per heavy atom. The maximum atomic E-state index is 8.85. The molecule has 0 aromatic heterocycles. The lowest BCUT2D eigenvalue weighted by Crippen LogP contribution is -2.21. The highest BCUT2D eigenvalue weighted by atomic mass is 16.2. The maximum Gasteiger partial charge on any atom is 0.0434 e. The zero-order valence-corrected chi connectivity index (χ0v) is 10.7. The lowest BCUT2D eigenvalue weighted by molar-refractivity contribution is 0.288. The Morgan fingerprint density at radius 1 is 1.35 bits per heavy atom. The molecule has 0 saturated heterocycles. The van der Waals surface area contributed by atoms with E-state index in [1.165, 1.54) is 30.5 Å². The van der Waals surface area contributed by atoms with Crippen LogP contribution in [0.15, 0.2) is 24.3 Å². The summed E-state index contributed by atoms with van der Waals surface area (Å²) < 4.78 is 0. The van der Waals surface area contributed by atoms with Gasteiger partial charge in [-0.2, -0.15) is 0 Å². The molecule has 2 heteroatoms. The highest BCUT2D eigenvalue weighted by Gasteiger charge is 2.22. The van der Waals surface area contributed by atoms with E-state index >= 15 is 0 Å². The number of aryl methyl sites for hydroxylation is 1. The van der Waals surface area contributed by atoms with Crippen molar-refractivity contribution in [3.8, 4) is 0 Å². The SMILES string of the molecule is CC1CCCC1Nc1cccc(CCCO)c1. The second-order valence-electron chi connectivity index (χ2n) is 5.19. The molecule has 0 radical (unpaired) electrons. The number of benzene rings is 1. The summed E-state index contributed by atoms with van der Waals surface area (Å²) in [5.41, 5.74) is 2.55. The van der Waals surface area contributed by atoms with Crippen molar-refractivity contribution in [2.45, 2.75) is 45.1 Å². The average Bonchev–Trinajstić information content (AvgIpc) is 2.73. The quantitative estimate of drug-likeness (QED) is 0.818. The maximum absolute atomic E-state index is 8.85. The van der Waals surface area contributed by atoms with Crippen LogP contribution in [0.4, 0.5) is 5.69 Å². The Morgan fingerprint density at radius 2 is 2.24 bits per heavy atom. The predicted octanol–water partition coefficient (Wildman–Crippen LogP) is 3.21. The van der Waals surface area contributed by atoms with Crippen LogP contribution in [0, 0.1) is 5.92 Å². The van der Waals surface area contributed by atoms with Gasteiger partial charge in [0.2, 0.25) is 0 Å². The standard InChI is InChI=1S/C15H23NO/c1-12-5-2-9-15(12)16-14-8-3-6-13(11-14)7-4-10-17/h3,6,8,11-12,15-17H,2,4-5,7,9-10H2,1H3. The largest absolute Gasteiger partial charge is 0.396 e. The number of anilines is 1. The monoisotopic (exact) mass is 233 g/mol. The summed E-state index contributed by atoms with van der Waals surface area (Å²) in [5.74, 6) is 0.788. The normalized spacial score (nSPS) is 23.9. The molecule has 2 N–H and O–H groups in total. The summed E-state index contributed by atoms with van der Waals surface area (Å²) >= 11 is 0. The summed E-state index contributed by atoms with van der Waals surface area (Å²) in [6.45, 7) is 2.61. The van der Waals surface area contributed by atoms with Crippen molar-refractivity contribution in [2.75, 3.05) is 11.9 Å². The van der Waals surface area contributed by atoms with Crippen LogP contribution in [0.2, 0.25) is 0 Å². The number of nitrogens with one attached hydrogen (secondary N) is 1. The van der Waals surface area contributed by atoms with Gasteiger partial charge in [-0.3, -0.25) is 0 Å². The van der Waals surface area contributed by atoms with Crippen molar-refractivity contribution in [1.29, 1.82) is 0 Å². The lowest BCUT2D eigenvalue weighted by Gasteiger charge is -2.19. The fourth-order valence-corrected chi connectivity index (χ4v) is 2.67. The smallest absolute Gasteiger partial charge is 0.0434 e. The van der Waals surface area contributed by atoms with Crippen LogP contribution < -0.4 is 5.32 Å². The summed E-state index contributed by atoms with van der Waals surface area (Å²) in [4.78, 5) is 0. The molecule has 2 nitrogen and oxygen atoms in total. The summed E-state index contributed by atoms with van der Waals surface area (Å²) in [6.07, 6.45) is 5.81. The first kappa shape index (κ1) is 12.4. The molecule has 94 valence electrons. The molecule has 17 heavy (non-hydrogen) atoms. The van der Waals surface area contributed by atoms with E-state index in [-0.39, 0.29) is 6.61 Å². The van der Waals surface area contributed by atoms with Gasteiger partial charge in [0.25, 0.3) is 0 Å². The lowest BCUT2D eigenvalue weighted by atomic mass is 10.1. The molecule has 0 bridgehead atoms. The Labute approximate surface area is 104 Å². The van der Waals surface area contributed by atoms with Crippen LogP contribution in [-0.2, 0) is 6.42 Å². The van der Waals surface area contributed by atoms with Crippen LogP contribution in [-0.4, -0.2) is 17.8 Å². The molecule has 0 heterocycles. The Kier molecular flexibility index (Phi) is 4.43. The van der Waals surface area contributed by atoms with Gasteiger partial charge in [-0.1, -0.05) is 25.5 Å². The fourth-order valence-electron chi connectivity index (χ4n) is 2.67. The van der Waals surface area contributed by atoms with Crippen molar-refractivity contribution < 1.29 is 5.11 Å². The highest BCUT2D eigenvalue weighted by molar-refractivity contribution is 5.46. The van der Waals surface area contributed by atoms with Crippen molar-refractivity contribution in [3.05, 3.63) is 29.8 Å². The minimum absolute atomic E-state index is 0.275. The number of hydrogen-bond acceptors (Lipinski definition) is 2. The van der Waals surface area contributed by atoms with Crippen LogP contribution in [0.25, 0.3) is 0 Å². The molecule has 1 saturated carbocycles. The van der Waals surface area contributed by atoms with Crippen molar-refractivity contribution in [2.24, 2.45) is 5.92 Å². The van der Waals surface area contributed by atoms with Gasteiger partial charge in [-0.25, -0.2) is 0 Å². The van der Waals surface area contributed by atoms with E-state index in [9.17, 15) is 0 Å². The van der Waals surface area contributed by atoms with E-state index in [4.69, 9.17) is 5.11 Å². The van der Waals surface area contributed by atoms with Gasteiger partial charge in [0.15, 0.2) is 0 Å². The highest BCUT2D eigenvalue weighted by Crippen LogP contribution is 2.28. The number of aliphatic hydroxyl groups is 1. The third-order valence-electron chi connectivity index (χ3n) is 3.76. The Hall–Kier alpha value is -1.02. The molecule has 1 aliphatic carbocycles. The number of hydrogen-bond donors (Lipinski definition) is 2. The van der Waals surface area contributed by atoms with Crippen LogP contribution in [0.3, 0.4) is 0 Å². The van der Waals surface area contributed by atoms with Crippen LogP contribution in [0.5, 0.6) is 0 Å². The first-order chi connectivity index (χ1) is 8.29. The van der Waals surface area contributed by atoms with E-state index < -0.39 is 0 Å². The first-order valence-corrected chi connectivity index (χ1v) is 6.76. The van der Waals surface area contributed by atoms with Gasteiger partial charge in [0, 0.05) is 18.3 Å². The van der Waals surface area contributed by atoms with Crippen LogP contribution in [0.1, 0.15) is 38.2 Å². The summed E-state index contributed by atoms with van der Waals surface area (Å²) in [7, 11) is 0. The number of aliphatic hydroxyl groups excluding tert-OH is 1. The topological polar surface area (TPSA) is 32.3 Å². The van der Waals surface area contributed by atoms with E-state index in [2.05, 4.69) is 36.5 Å². The molecule has 2 rings (SSSR count). The molecule has 1 aliphatic rings. The third kappa shape index (κ3) is 3.47. The molecule has 0 amide bonds.